The van der Waals surface area contributed by atoms with Crippen LogP contribution >= 0.6 is 0 Å². The maximum atomic E-state index is 12.9. The summed E-state index contributed by atoms with van der Waals surface area (Å²) in [5, 5.41) is 5.30. The summed E-state index contributed by atoms with van der Waals surface area (Å²) in [5.41, 5.74) is 0.889. The lowest BCUT2D eigenvalue weighted by molar-refractivity contribution is -0.131. The summed E-state index contributed by atoms with van der Waals surface area (Å²) >= 11 is 0. The fourth-order valence-corrected chi connectivity index (χ4v) is 2.83. The van der Waals surface area contributed by atoms with Gasteiger partial charge in [-0.1, -0.05) is 18.2 Å². The number of rotatable bonds is 4. The predicted molar refractivity (Wildman–Crippen MR) is 93.9 cm³/mol. The topological polar surface area (TPSA) is 78.5 Å². The van der Waals surface area contributed by atoms with Crippen LogP contribution in [0.1, 0.15) is 16.8 Å². The van der Waals surface area contributed by atoms with Gasteiger partial charge in [-0.2, -0.15) is 0 Å². The molecule has 2 aromatic carbocycles. The van der Waals surface area contributed by atoms with Gasteiger partial charge in [0.25, 0.3) is 5.91 Å². The number of carbonyl (C=O) groups excluding carboxylic acids is 3. The molecule has 1 heterocycles. The molecule has 0 radical (unpaired) electrons. The lowest BCUT2D eigenvalue weighted by Crippen LogP contribution is -2.58. The molecule has 0 spiro atoms. The average molecular weight is 355 g/mol. The number of hydrogen-bond acceptors (Lipinski definition) is 3. The third kappa shape index (κ3) is 4.05. The minimum Gasteiger partial charge on any atom is -0.353 e. The lowest BCUT2D eigenvalue weighted by Gasteiger charge is -2.34. The molecular formula is C19H18FN3O3. The highest BCUT2D eigenvalue weighted by molar-refractivity contribution is 6.01. The van der Waals surface area contributed by atoms with Crippen LogP contribution in [0.3, 0.4) is 0 Å². The van der Waals surface area contributed by atoms with Crippen molar-refractivity contribution in [3.8, 4) is 0 Å². The number of hydrogen-bond donors (Lipinski definition) is 2. The number of carbonyl (C=O) groups is 3. The van der Waals surface area contributed by atoms with E-state index in [1.807, 2.05) is 0 Å². The molecule has 0 unspecified atom stereocenters. The Morgan fingerprint density at radius 1 is 1.12 bits per heavy atom. The maximum absolute atomic E-state index is 12.9. The van der Waals surface area contributed by atoms with Gasteiger partial charge in [0.1, 0.15) is 11.9 Å². The molecule has 26 heavy (non-hydrogen) atoms. The van der Waals surface area contributed by atoms with E-state index in [1.54, 1.807) is 30.3 Å². The van der Waals surface area contributed by atoms with Crippen molar-refractivity contribution in [3.63, 3.8) is 0 Å². The number of nitrogens with zero attached hydrogens (tertiary/aromatic N) is 1. The molecule has 134 valence electrons. The smallest absolute Gasteiger partial charge is 0.254 e. The van der Waals surface area contributed by atoms with E-state index in [9.17, 15) is 18.8 Å². The van der Waals surface area contributed by atoms with E-state index in [4.69, 9.17) is 0 Å². The Balaban J connectivity index is 1.72. The fourth-order valence-electron chi connectivity index (χ4n) is 2.83. The molecule has 1 fully saturated rings. The average Bonchev–Trinajstić information content (AvgIpc) is 2.65. The van der Waals surface area contributed by atoms with E-state index in [-0.39, 0.29) is 18.2 Å². The van der Waals surface area contributed by atoms with E-state index in [0.717, 1.165) is 0 Å². The molecule has 1 saturated heterocycles. The summed E-state index contributed by atoms with van der Waals surface area (Å²) in [6.07, 6.45) is -0.179. The Hall–Kier alpha value is -3.22. The number of piperazine rings is 1. The molecule has 1 atom stereocenters. The molecule has 1 aliphatic heterocycles. The number of benzene rings is 2. The second kappa shape index (κ2) is 7.77. The van der Waals surface area contributed by atoms with Gasteiger partial charge in [0, 0.05) is 24.3 Å². The normalized spacial score (nSPS) is 16.7. The van der Waals surface area contributed by atoms with Crippen LogP contribution in [0.25, 0.3) is 0 Å². The second-order valence-electron chi connectivity index (χ2n) is 5.93. The fraction of sp³-hybridized carbons (Fsp3) is 0.211. The van der Waals surface area contributed by atoms with Crippen LogP contribution in [0.4, 0.5) is 10.1 Å². The minimum atomic E-state index is -0.892. The predicted octanol–water partition coefficient (Wildman–Crippen LogP) is 1.80. The van der Waals surface area contributed by atoms with Gasteiger partial charge in [-0.3, -0.25) is 14.4 Å². The lowest BCUT2D eigenvalue weighted by atomic mass is 10.1. The Labute approximate surface area is 150 Å². The molecule has 2 aromatic rings. The number of nitrogens with one attached hydrogen (secondary N) is 2. The molecular weight excluding hydrogens is 337 g/mol. The van der Waals surface area contributed by atoms with Crippen LogP contribution in [-0.2, 0) is 9.59 Å². The SMILES string of the molecule is O=C(C[C@H]1C(=O)NCCN1C(=O)c1ccccc1)Nc1ccc(F)cc1. The third-order valence-corrected chi connectivity index (χ3v) is 4.12. The van der Waals surface area contributed by atoms with Crippen LogP contribution < -0.4 is 10.6 Å². The molecule has 0 aliphatic carbocycles. The van der Waals surface area contributed by atoms with Gasteiger partial charge in [-0.25, -0.2) is 4.39 Å². The number of halogens is 1. The molecule has 1 aliphatic rings. The first-order valence-electron chi connectivity index (χ1n) is 8.24. The van der Waals surface area contributed by atoms with E-state index < -0.39 is 17.8 Å². The van der Waals surface area contributed by atoms with Crippen molar-refractivity contribution in [2.45, 2.75) is 12.5 Å². The monoisotopic (exact) mass is 355 g/mol. The third-order valence-electron chi connectivity index (χ3n) is 4.12. The van der Waals surface area contributed by atoms with Crippen LogP contribution in [0.15, 0.2) is 54.6 Å². The van der Waals surface area contributed by atoms with Crippen molar-refractivity contribution >= 4 is 23.4 Å². The largest absolute Gasteiger partial charge is 0.353 e. The molecule has 0 saturated carbocycles. The Morgan fingerprint density at radius 3 is 2.50 bits per heavy atom. The summed E-state index contributed by atoms with van der Waals surface area (Å²) in [5.74, 6) is -1.49. The second-order valence-corrected chi connectivity index (χ2v) is 5.93. The van der Waals surface area contributed by atoms with E-state index in [0.29, 0.717) is 24.3 Å². The highest BCUT2D eigenvalue weighted by Crippen LogP contribution is 2.16. The Morgan fingerprint density at radius 2 is 1.81 bits per heavy atom. The summed E-state index contributed by atoms with van der Waals surface area (Å²) in [7, 11) is 0. The van der Waals surface area contributed by atoms with Gasteiger partial charge in [0.15, 0.2) is 0 Å². The summed E-state index contributed by atoms with van der Waals surface area (Å²) < 4.78 is 12.9. The van der Waals surface area contributed by atoms with Gasteiger partial charge in [-0.15, -0.1) is 0 Å². The van der Waals surface area contributed by atoms with E-state index in [1.165, 1.54) is 29.2 Å². The van der Waals surface area contributed by atoms with Crippen molar-refractivity contribution in [1.82, 2.24) is 10.2 Å². The zero-order valence-electron chi connectivity index (χ0n) is 13.9. The summed E-state index contributed by atoms with van der Waals surface area (Å²) in [4.78, 5) is 38.7. The molecule has 7 heteroatoms. The first-order valence-corrected chi connectivity index (χ1v) is 8.24. The van der Waals surface area contributed by atoms with Crippen molar-refractivity contribution in [2.24, 2.45) is 0 Å². The summed E-state index contributed by atoms with van der Waals surface area (Å²) in [6.45, 7) is 0.668. The van der Waals surface area contributed by atoms with Crippen LogP contribution in [0.5, 0.6) is 0 Å². The zero-order chi connectivity index (χ0) is 18.5. The van der Waals surface area contributed by atoms with Crippen LogP contribution in [-0.4, -0.2) is 41.8 Å². The van der Waals surface area contributed by atoms with Gasteiger partial charge in [-0.05, 0) is 36.4 Å². The van der Waals surface area contributed by atoms with Crippen molar-refractivity contribution < 1.29 is 18.8 Å². The van der Waals surface area contributed by atoms with Gasteiger partial charge in [0.2, 0.25) is 11.8 Å². The zero-order valence-corrected chi connectivity index (χ0v) is 13.9. The molecule has 3 amide bonds. The van der Waals surface area contributed by atoms with Gasteiger partial charge >= 0.3 is 0 Å². The molecule has 0 bridgehead atoms. The Bertz CT molecular complexity index is 809. The maximum Gasteiger partial charge on any atom is 0.254 e. The number of amides is 3. The van der Waals surface area contributed by atoms with E-state index >= 15 is 0 Å². The number of anilines is 1. The van der Waals surface area contributed by atoms with Crippen molar-refractivity contribution in [3.05, 3.63) is 66.0 Å². The Kier molecular flexibility index (Phi) is 5.26. The summed E-state index contributed by atoms with van der Waals surface area (Å²) in [6, 6.07) is 13.1. The highest BCUT2D eigenvalue weighted by atomic mass is 19.1. The first kappa shape index (κ1) is 17.6. The molecule has 6 nitrogen and oxygen atoms in total. The quantitative estimate of drug-likeness (QED) is 0.878. The molecule has 0 aromatic heterocycles. The highest BCUT2D eigenvalue weighted by Gasteiger charge is 2.35. The van der Waals surface area contributed by atoms with Crippen LogP contribution in [0, 0.1) is 5.82 Å². The first-order chi connectivity index (χ1) is 12.5. The van der Waals surface area contributed by atoms with Crippen LogP contribution in [0.2, 0.25) is 0 Å². The molecule has 3 rings (SSSR count). The van der Waals surface area contributed by atoms with Crippen molar-refractivity contribution in [1.29, 1.82) is 0 Å². The van der Waals surface area contributed by atoms with Gasteiger partial charge < -0.3 is 15.5 Å². The standard InChI is InChI=1S/C19H18FN3O3/c20-14-6-8-15(9-7-14)22-17(24)12-16-18(25)21-10-11-23(16)19(26)13-4-2-1-3-5-13/h1-9,16H,10-12H2,(H,21,25)(H,22,24)/t16-/m0/s1. The van der Waals surface area contributed by atoms with E-state index in [2.05, 4.69) is 10.6 Å². The minimum absolute atomic E-state index is 0.179. The van der Waals surface area contributed by atoms with Gasteiger partial charge in [0.05, 0.1) is 6.42 Å². The molecule has 2 N–H and O–H groups in total. The van der Waals surface area contributed by atoms with Crippen molar-refractivity contribution in [2.75, 3.05) is 18.4 Å².